The number of carboxylic acid groups (broad SMARTS) is 1. The molecule has 7 heteroatoms. The van der Waals surface area contributed by atoms with E-state index in [1.807, 2.05) is 30.3 Å². The second-order valence-corrected chi connectivity index (χ2v) is 6.58. The van der Waals surface area contributed by atoms with Crippen molar-refractivity contribution in [3.63, 3.8) is 0 Å². The number of benzene rings is 3. The summed E-state index contributed by atoms with van der Waals surface area (Å²) in [7, 11) is 0. The quantitative estimate of drug-likeness (QED) is 0.614. The smallest absolute Gasteiger partial charge is 0.337 e. The van der Waals surface area contributed by atoms with Crippen molar-refractivity contribution in [2.75, 3.05) is 4.90 Å². The van der Waals surface area contributed by atoms with Crippen LogP contribution in [0.15, 0.2) is 66.7 Å². The van der Waals surface area contributed by atoms with Crippen molar-refractivity contribution in [1.82, 2.24) is 0 Å². The first-order valence-corrected chi connectivity index (χ1v) is 8.95. The maximum absolute atomic E-state index is 13.1. The van der Waals surface area contributed by atoms with Crippen LogP contribution in [0.1, 0.15) is 36.6 Å². The Kier molecular flexibility index (Phi) is 5.73. The Bertz CT molecular complexity index is 1160. The molecule has 0 aliphatic rings. The van der Waals surface area contributed by atoms with Gasteiger partial charge in [0.1, 0.15) is 0 Å². The van der Waals surface area contributed by atoms with E-state index in [1.165, 1.54) is 30.3 Å². The van der Waals surface area contributed by atoms with Crippen molar-refractivity contribution < 1.29 is 24.3 Å². The molecule has 30 heavy (non-hydrogen) atoms. The number of nitrogens with zero attached hydrogens (tertiary/aromatic N) is 1. The van der Waals surface area contributed by atoms with Crippen LogP contribution in [0.4, 0.5) is 5.69 Å². The summed E-state index contributed by atoms with van der Waals surface area (Å²) in [6.07, 6.45) is 0.259. The number of anilines is 1. The SMILES string of the molecule is Cc1ccc(C(N)=O)cc1C(=O)N(C=O)c1cc(-c2ccccc2)ccc1C(=O)O. The fraction of sp³-hybridized carbons (Fsp3) is 0.0435. The number of carbonyl (C=O) groups excluding carboxylic acids is 3. The zero-order chi connectivity index (χ0) is 21.8. The molecule has 3 amide bonds. The molecule has 3 aromatic carbocycles. The Morgan fingerprint density at radius 3 is 2.20 bits per heavy atom. The standard InChI is InChI=1S/C23H18N2O5/c1-14-7-8-17(21(24)27)11-19(14)22(28)25(13-26)20-12-16(9-10-18(20)23(29)30)15-5-3-2-4-6-15/h2-13H,1H3,(H2,24,27)(H,29,30). The van der Waals surface area contributed by atoms with Gasteiger partial charge in [-0.15, -0.1) is 0 Å². The lowest BCUT2D eigenvalue weighted by molar-refractivity contribution is -0.106. The minimum Gasteiger partial charge on any atom is -0.478 e. The molecule has 0 atom stereocenters. The van der Waals surface area contributed by atoms with Gasteiger partial charge in [-0.2, -0.15) is 0 Å². The lowest BCUT2D eigenvalue weighted by Gasteiger charge is -2.20. The summed E-state index contributed by atoms with van der Waals surface area (Å²) < 4.78 is 0. The number of nitrogens with two attached hydrogens (primary N) is 1. The number of primary amides is 1. The van der Waals surface area contributed by atoms with Gasteiger partial charge in [-0.3, -0.25) is 14.4 Å². The molecule has 3 rings (SSSR count). The zero-order valence-corrected chi connectivity index (χ0v) is 16.0. The van der Waals surface area contributed by atoms with Crippen LogP contribution < -0.4 is 10.6 Å². The van der Waals surface area contributed by atoms with E-state index in [1.54, 1.807) is 13.0 Å². The third-order valence-corrected chi connectivity index (χ3v) is 4.67. The van der Waals surface area contributed by atoms with E-state index >= 15 is 0 Å². The van der Waals surface area contributed by atoms with Gasteiger partial charge in [-0.05, 0) is 47.9 Å². The van der Waals surface area contributed by atoms with E-state index in [9.17, 15) is 24.3 Å². The third kappa shape index (κ3) is 3.95. The van der Waals surface area contributed by atoms with Crippen LogP contribution >= 0.6 is 0 Å². The monoisotopic (exact) mass is 402 g/mol. The molecule has 0 saturated heterocycles. The Hall–Kier alpha value is -4.26. The molecule has 0 saturated carbocycles. The first-order valence-electron chi connectivity index (χ1n) is 8.95. The average molecular weight is 402 g/mol. The van der Waals surface area contributed by atoms with Crippen LogP contribution in [0, 0.1) is 6.92 Å². The summed E-state index contributed by atoms with van der Waals surface area (Å²) in [5.74, 6) is -2.77. The highest BCUT2D eigenvalue weighted by atomic mass is 16.4. The number of imide groups is 1. The predicted molar refractivity (Wildman–Crippen MR) is 111 cm³/mol. The molecule has 150 valence electrons. The second kappa shape index (κ2) is 8.40. The van der Waals surface area contributed by atoms with Gasteiger partial charge >= 0.3 is 5.97 Å². The Balaban J connectivity index is 2.15. The number of hydrogen-bond acceptors (Lipinski definition) is 4. The second-order valence-electron chi connectivity index (χ2n) is 6.58. The lowest BCUT2D eigenvalue weighted by atomic mass is 10.00. The molecule has 0 fully saturated rings. The summed E-state index contributed by atoms with van der Waals surface area (Å²) in [4.78, 5) is 49.0. The van der Waals surface area contributed by atoms with E-state index in [2.05, 4.69) is 0 Å². The van der Waals surface area contributed by atoms with Crippen LogP contribution in [0.2, 0.25) is 0 Å². The largest absolute Gasteiger partial charge is 0.478 e. The van der Waals surface area contributed by atoms with Crippen molar-refractivity contribution in [3.05, 3.63) is 89.0 Å². The highest BCUT2D eigenvalue weighted by molar-refractivity contribution is 6.19. The van der Waals surface area contributed by atoms with Crippen LogP contribution in [-0.4, -0.2) is 29.3 Å². The molecule has 0 heterocycles. The van der Waals surface area contributed by atoms with Crippen LogP contribution in [0.3, 0.4) is 0 Å². The van der Waals surface area contributed by atoms with E-state index in [0.29, 0.717) is 11.1 Å². The lowest BCUT2D eigenvalue weighted by Crippen LogP contribution is -2.31. The van der Waals surface area contributed by atoms with Crippen LogP contribution in [0.25, 0.3) is 11.1 Å². The Labute approximate surface area is 172 Å². The van der Waals surface area contributed by atoms with Crippen LogP contribution in [-0.2, 0) is 4.79 Å². The normalized spacial score (nSPS) is 10.3. The summed E-state index contributed by atoms with van der Waals surface area (Å²) in [6.45, 7) is 1.64. The molecule has 0 bridgehead atoms. The number of aryl methyl sites for hydroxylation is 1. The minimum atomic E-state index is -1.29. The minimum absolute atomic E-state index is 0.0693. The number of hydrogen-bond donors (Lipinski definition) is 2. The third-order valence-electron chi connectivity index (χ3n) is 4.67. The maximum atomic E-state index is 13.1. The number of aromatic carboxylic acids is 1. The van der Waals surface area contributed by atoms with Gasteiger partial charge in [0.25, 0.3) is 5.91 Å². The molecule has 0 unspecified atom stereocenters. The van der Waals surface area contributed by atoms with Gasteiger partial charge in [-0.1, -0.05) is 42.5 Å². The topological polar surface area (TPSA) is 118 Å². The van der Waals surface area contributed by atoms with E-state index in [4.69, 9.17) is 5.73 Å². The molecule has 0 aliphatic heterocycles. The summed E-state index contributed by atoms with van der Waals surface area (Å²) in [5.41, 5.74) is 7.11. The van der Waals surface area contributed by atoms with E-state index < -0.39 is 17.8 Å². The number of amides is 3. The zero-order valence-electron chi connectivity index (χ0n) is 16.0. The average Bonchev–Trinajstić information content (AvgIpc) is 2.74. The molecule has 0 spiro atoms. The van der Waals surface area contributed by atoms with Crippen molar-refractivity contribution in [3.8, 4) is 11.1 Å². The molecule has 7 nitrogen and oxygen atoms in total. The highest BCUT2D eigenvalue weighted by Crippen LogP contribution is 2.29. The number of rotatable bonds is 6. The fourth-order valence-electron chi connectivity index (χ4n) is 3.07. The van der Waals surface area contributed by atoms with Crippen molar-refractivity contribution in [2.24, 2.45) is 5.73 Å². The summed E-state index contributed by atoms with van der Waals surface area (Å²) in [6, 6.07) is 17.9. The molecule has 3 N–H and O–H groups in total. The van der Waals surface area contributed by atoms with Crippen molar-refractivity contribution in [2.45, 2.75) is 6.92 Å². The number of carbonyl (C=O) groups is 4. The fourth-order valence-corrected chi connectivity index (χ4v) is 3.07. The Morgan fingerprint density at radius 1 is 0.900 bits per heavy atom. The molecule has 0 radical (unpaired) electrons. The first-order chi connectivity index (χ1) is 14.3. The summed E-state index contributed by atoms with van der Waals surface area (Å²) in [5, 5.41) is 9.58. The van der Waals surface area contributed by atoms with Gasteiger partial charge in [0, 0.05) is 11.1 Å². The molecular formula is C23H18N2O5. The van der Waals surface area contributed by atoms with E-state index in [-0.39, 0.29) is 28.8 Å². The van der Waals surface area contributed by atoms with Gasteiger partial charge in [0.05, 0.1) is 11.3 Å². The first kappa shape index (κ1) is 20.5. The Morgan fingerprint density at radius 2 is 1.60 bits per heavy atom. The number of carboxylic acids is 1. The molecular weight excluding hydrogens is 384 g/mol. The van der Waals surface area contributed by atoms with Crippen LogP contribution in [0.5, 0.6) is 0 Å². The molecule has 0 aliphatic carbocycles. The molecule has 0 aromatic heterocycles. The van der Waals surface area contributed by atoms with E-state index in [0.717, 1.165) is 10.5 Å². The van der Waals surface area contributed by atoms with Gasteiger partial charge in [0.15, 0.2) is 0 Å². The molecule has 3 aromatic rings. The van der Waals surface area contributed by atoms with Gasteiger partial charge in [-0.25, -0.2) is 9.69 Å². The van der Waals surface area contributed by atoms with Crippen molar-refractivity contribution in [1.29, 1.82) is 0 Å². The summed E-state index contributed by atoms with van der Waals surface area (Å²) >= 11 is 0. The predicted octanol–water partition coefficient (Wildman–Crippen LogP) is 3.26. The van der Waals surface area contributed by atoms with Crippen molar-refractivity contribution >= 4 is 29.9 Å². The highest BCUT2D eigenvalue weighted by Gasteiger charge is 2.25. The maximum Gasteiger partial charge on any atom is 0.337 e. The van der Waals surface area contributed by atoms with Gasteiger partial charge < -0.3 is 10.8 Å². The van der Waals surface area contributed by atoms with Gasteiger partial charge in [0.2, 0.25) is 12.3 Å².